The van der Waals surface area contributed by atoms with Crippen LogP contribution in [0.25, 0.3) is 11.0 Å². The molecule has 1 aromatic heterocycles. The minimum Gasteiger partial charge on any atom is -0.459 e. The molecule has 3 rings (SSSR count). The molecule has 0 aliphatic carbocycles. The number of fused-ring (bicyclic) bond motifs is 1. The molecule has 1 unspecified atom stereocenters. The van der Waals surface area contributed by atoms with Crippen LogP contribution in [-0.2, 0) is 0 Å². The summed E-state index contributed by atoms with van der Waals surface area (Å²) in [6.45, 7) is 1.99. The molecule has 1 heterocycles. The number of nitrogens with one attached hydrogen (secondary N) is 1. The van der Waals surface area contributed by atoms with E-state index in [0.29, 0.717) is 16.4 Å². The van der Waals surface area contributed by atoms with Crippen molar-refractivity contribution < 1.29 is 8.81 Å². The smallest absolute Gasteiger partial charge is 0.134 e. The molecule has 0 amide bonds. The average molecular weight is 304 g/mol. The van der Waals surface area contributed by atoms with Crippen LogP contribution >= 0.6 is 11.6 Å². The molecule has 0 aliphatic heterocycles. The Morgan fingerprint density at radius 2 is 1.95 bits per heavy atom. The van der Waals surface area contributed by atoms with E-state index in [1.165, 1.54) is 12.1 Å². The summed E-state index contributed by atoms with van der Waals surface area (Å²) in [7, 11) is 1.84. The van der Waals surface area contributed by atoms with E-state index in [1.54, 1.807) is 6.07 Å². The summed E-state index contributed by atoms with van der Waals surface area (Å²) in [5, 5.41) is 4.62. The molecule has 0 saturated carbocycles. The van der Waals surface area contributed by atoms with Crippen molar-refractivity contribution in [2.75, 3.05) is 7.05 Å². The van der Waals surface area contributed by atoms with Crippen molar-refractivity contribution in [2.45, 2.75) is 13.0 Å². The molecule has 0 spiro atoms. The van der Waals surface area contributed by atoms with E-state index < -0.39 is 0 Å². The maximum Gasteiger partial charge on any atom is 0.134 e. The summed E-state index contributed by atoms with van der Waals surface area (Å²) >= 11 is 6.34. The first-order valence-electron chi connectivity index (χ1n) is 6.71. The Morgan fingerprint density at radius 1 is 1.14 bits per heavy atom. The zero-order valence-corrected chi connectivity index (χ0v) is 12.5. The molecule has 1 N–H and O–H groups in total. The minimum absolute atomic E-state index is 0.173. The van der Waals surface area contributed by atoms with Crippen molar-refractivity contribution in [3.05, 3.63) is 70.2 Å². The zero-order valence-electron chi connectivity index (χ0n) is 11.8. The van der Waals surface area contributed by atoms with Gasteiger partial charge >= 0.3 is 0 Å². The van der Waals surface area contributed by atoms with Crippen LogP contribution in [0.15, 0.2) is 46.9 Å². The van der Waals surface area contributed by atoms with E-state index in [0.717, 1.165) is 16.5 Å². The summed E-state index contributed by atoms with van der Waals surface area (Å²) in [4.78, 5) is 0. The van der Waals surface area contributed by atoms with Gasteiger partial charge in [0.05, 0.1) is 6.04 Å². The van der Waals surface area contributed by atoms with E-state index in [-0.39, 0.29) is 11.9 Å². The minimum atomic E-state index is -0.274. The topological polar surface area (TPSA) is 25.2 Å². The fourth-order valence-corrected chi connectivity index (χ4v) is 2.84. The molecule has 0 saturated heterocycles. The van der Waals surface area contributed by atoms with Gasteiger partial charge in [-0.1, -0.05) is 23.7 Å². The molecule has 2 aromatic carbocycles. The second-order valence-electron chi connectivity index (χ2n) is 5.08. The van der Waals surface area contributed by atoms with Crippen LogP contribution in [0.1, 0.15) is 22.9 Å². The summed E-state index contributed by atoms with van der Waals surface area (Å²) in [6.07, 6.45) is 0. The first kappa shape index (κ1) is 14.1. The fourth-order valence-electron chi connectivity index (χ4n) is 2.49. The maximum atomic E-state index is 13.3. The fraction of sp³-hybridized carbons (Fsp3) is 0.176. The Labute approximate surface area is 127 Å². The van der Waals surface area contributed by atoms with Gasteiger partial charge in [-0.2, -0.15) is 0 Å². The van der Waals surface area contributed by atoms with Gasteiger partial charge in [-0.05, 0) is 55.4 Å². The van der Waals surface area contributed by atoms with Gasteiger partial charge in [0.2, 0.25) is 0 Å². The Hall–Kier alpha value is -1.84. The molecule has 21 heavy (non-hydrogen) atoms. The molecule has 0 aliphatic rings. The highest BCUT2D eigenvalue weighted by Gasteiger charge is 2.19. The number of hydrogen-bond donors (Lipinski definition) is 1. The third kappa shape index (κ3) is 2.67. The van der Waals surface area contributed by atoms with Crippen LogP contribution in [0.5, 0.6) is 0 Å². The predicted molar refractivity (Wildman–Crippen MR) is 83.3 cm³/mol. The maximum absolute atomic E-state index is 13.3. The predicted octanol–water partition coefficient (Wildman–Crippen LogP) is 4.84. The van der Waals surface area contributed by atoms with Gasteiger partial charge < -0.3 is 9.73 Å². The monoisotopic (exact) mass is 303 g/mol. The number of furan rings is 1. The lowest BCUT2D eigenvalue weighted by atomic mass is 10.0. The third-order valence-electron chi connectivity index (χ3n) is 3.54. The summed E-state index contributed by atoms with van der Waals surface area (Å²) < 4.78 is 19.1. The molecule has 3 aromatic rings. The van der Waals surface area contributed by atoms with Crippen LogP contribution in [0, 0.1) is 12.7 Å². The molecule has 1 atom stereocenters. The SMILES string of the molecule is CNC(c1cc2cc(F)ccc2o1)c1ccc(C)cc1Cl. The number of aryl methyl sites for hydroxylation is 1. The van der Waals surface area contributed by atoms with Crippen molar-refractivity contribution in [3.63, 3.8) is 0 Å². The van der Waals surface area contributed by atoms with Crippen molar-refractivity contribution in [1.29, 1.82) is 0 Å². The highest BCUT2D eigenvalue weighted by Crippen LogP contribution is 2.32. The van der Waals surface area contributed by atoms with E-state index in [2.05, 4.69) is 5.32 Å². The Kier molecular flexibility index (Phi) is 3.70. The van der Waals surface area contributed by atoms with Crippen LogP contribution in [0.4, 0.5) is 4.39 Å². The normalized spacial score (nSPS) is 12.8. The average Bonchev–Trinajstić information content (AvgIpc) is 2.84. The van der Waals surface area contributed by atoms with E-state index in [1.807, 2.05) is 38.2 Å². The van der Waals surface area contributed by atoms with Gasteiger partial charge in [-0.3, -0.25) is 0 Å². The van der Waals surface area contributed by atoms with Crippen molar-refractivity contribution >= 4 is 22.6 Å². The Bertz CT molecular complexity index is 797. The first-order chi connectivity index (χ1) is 10.1. The van der Waals surface area contributed by atoms with Gasteiger partial charge in [0.25, 0.3) is 0 Å². The molecule has 0 radical (unpaired) electrons. The van der Waals surface area contributed by atoms with Crippen molar-refractivity contribution in [2.24, 2.45) is 0 Å². The van der Waals surface area contributed by atoms with Crippen molar-refractivity contribution in [1.82, 2.24) is 5.32 Å². The summed E-state index contributed by atoms with van der Waals surface area (Å²) in [6, 6.07) is 12.1. The van der Waals surface area contributed by atoms with Crippen LogP contribution < -0.4 is 5.32 Å². The van der Waals surface area contributed by atoms with E-state index in [9.17, 15) is 4.39 Å². The molecular weight excluding hydrogens is 289 g/mol. The second-order valence-corrected chi connectivity index (χ2v) is 5.48. The van der Waals surface area contributed by atoms with Gasteiger partial charge in [-0.15, -0.1) is 0 Å². The molecule has 108 valence electrons. The Balaban J connectivity index is 2.09. The molecule has 2 nitrogen and oxygen atoms in total. The Morgan fingerprint density at radius 3 is 2.67 bits per heavy atom. The van der Waals surface area contributed by atoms with Gasteiger partial charge in [0.1, 0.15) is 17.2 Å². The third-order valence-corrected chi connectivity index (χ3v) is 3.86. The molecule has 0 bridgehead atoms. The first-order valence-corrected chi connectivity index (χ1v) is 7.08. The summed E-state index contributed by atoms with van der Waals surface area (Å²) in [5.74, 6) is 0.438. The molecule has 4 heteroatoms. The van der Waals surface area contributed by atoms with Crippen LogP contribution in [-0.4, -0.2) is 7.05 Å². The highest BCUT2D eigenvalue weighted by molar-refractivity contribution is 6.31. The lowest BCUT2D eigenvalue weighted by Gasteiger charge is -2.16. The lowest BCUT2D eigenvalue weighted by molar-refractivity contribution is 0.491. The quantitative estimate of drug-likeness (QED) is 0.749. The van der Waals surface area contributed by atoms with Gasteiger partial charge in [-0.25, -0.2) is 4.39 Å². The van der Waals surface area contributed by atoms with Crippen LogP contribution in [0.3, 0.4) is 0 Å². The summed E-state index contributed by atoms with van der Waals surface area (Å²) in [5.41, 5.74) is 2.70. The van der Waals surface area contributed by atoms with Crippen molar-refractivity contribution in [3.8, 4) is 0 Å². The number of benzene rings is 2. The largest absolute Gasteiger partial charge is 0.459 e. The number of rotatable bonds is 3. The van der Waals surface area contributed by atoms with Gasteiger partial charge in [0.15, 0.2) is 0 Å². The van der Waals surface area contributed by atoms with E-state index in [4.69, 9.17) is 16.0 Å². The zero-order chi connectivity index (χ0) is 15.0. The second kappa shape index (κ2) is 5.51. The van der Waals surface area contributed by atoms with E-state index >= 15 is 0 Å². The molecule has 0 fully saturated rings. The number of hydrogen-bond acceptors (Lipinski definition) is 2. The standard InChI is InChI=1S/C17H15ClFNO/c1-10-3-5-13(14(18)7-10)17(20-2)16-9-11-8-12(19)4-6-15(11)21-16/h3-9,17,20H,1-2H3. The molecular formula is C17H15ClFNO. The van der Waals surface area contributed by atoms with Gasteiger partial charge in [0, 0.05) is 10.4 Å². The highest BCUT2D eigenvalue weighted by atomic mass is 35.5. The number of halogens is 2. The lowest BCUT2D eigenvalue weighted by Crippen LogP contribution is -2.17. The van der Waals surface area contributed by atoms with Crippen LogP contribution in [0.2, 0.25) is 5.02 Å².